The highest BCUT2D eigenvalue weighted by Gasteiger charge is 2.66. The Hall–Kier alpha value is 0. The lowest BCUT2D eigenvalue weighted by Crippen LogP contribution is -2.26. The summed E-state index contributed by atoms with van der Waals surface area (Å²) >= 11 is 0. The molecule has 3 rings (SSSR count). The van der Waals surface area contributed by atoms with Crippen molar-refractivity contribution >= 4 is 0 Å². The maximum absolute atomic E-state index is 2.59. The van der Waals surface area contributed by atoms with Crippen molar-refractivity contribution in [2.75, 3.05) is 0 Å². The molecule has 3 fully saturated rings. The molecule has 0 aromatic carbocycles. The normalized spacial score (nSPS) is 53.3. The molecule has 0 amide bonds. The van der Waals surface area contributed by atoms with Gasteiger partial charge in [-0.15, -0.1) is 0 Å². The summed E-state index contributed by atoms with van der Waals surface area (Å²) < 4.78 is 0. The molecule has 0 saturated heterocycles. The van der Waals surface area contributed by atoms with Gasteiger partial charge in [0.15, 0.2) is 0 Å². The van der Waals surface area contributed by atoms with Gasteiger partial charge in [-0.05, 0) is 60.2 Å². The van der Waals surface area contributed by atoms with Crippen molar-refractivity contribution < 1.29 is 0 Å². The Morgan fingerprint density at radius 3 is 2.29 bits per heavy atom. The summed E-state index contributed by atoms with van der Waals surface area (Å²) in [6.07, 6.45) is 7.45. The quantitative estimate of drug-likeness (QED) is 0.643. The Kier molecular flexibility index (Phi) is 3.04. The molecule has 0 nitrogen and oxygen atoms in total. The zero-order valence-electron chi connectivity index (χ0n) is 12.2. The van der Waals surface area contributed by atoms with Crippen molar-refractivity contribution in [3.05, 3.63) is 0 Å². The van der Waals surface area contributed by atoms with E-state index in [9.17, 15) is 0 Å². The first kappa shape index (κ1) is 12.1. The van der Waals surface area contributed by atoms with E-state index in [-0.39, 0.29) is 0 Å². The number of fused-ring (bicyclic) bond motifs is 3. The van der Waals surface area contributed by atoms with E-state index in [1.807, 2.05) is 0 Å². The molecule has 17 heavy (non-hydrogen) atoms. The van der Waals surface area contributed by atoms with Gasteiger partial charge in [-0.3, -0.25) is 0 Å². The number of hydrogen-bond acceptors (Lipinski definition) is 0. The molecule has 3 aliphatic rings. The summed E-state index contributed by atoms with van der Waals surface area (Å²) in [5.74, 6) is 8.82. The van der Waals surface area contributed by atoms with Gasteiger partial charge in [-0.1, -0.05) is 47.0 Å². The average Bonchev–Trinajstić information content (AvgIpc) is 2.72. The Labute approximate surface area is 108 Å². The van der Waals surface area contributed by atoms with Crippen molar-refractivity contribution in [2.24, 2.45) is 47.3 Å². The van der Waals surface area contributed by atoms with Gasteiger partial charge in [0.1, 0.15) is 0 Å². The highest BCUT2D eigenvalue weighted by atomic mass is 14.7. The smallest absolute Gasteiger partial charge is 0.0321 e. The van der Waals surface area contributed by atoms with Crippen LogP contribution in [0.3, 0.4) is 0 Å². The first-order chi connectivity index (χ1) is 8.20. The zero-order valence-corrected chi connectivity index (χ0v) is 12.2. The molecule has 8 atom stereocenters. The van der Waals surface area contributed by atoms with Crippen molar-refractivity contribution in [2.45, 2.75) is 59.8 Å². The van der Waals surface area contributed by atoms with E-state index >= 15 is 0 Å². The summed E-state index contributed by atoms with van der Waals surface area (Å²) in [4.78, 5) is 0. The zero-order chi connectivity index (χ0) is 12.2. The topological polar surface area (TPSA) is 0 Å². The monoisotopic (exact) mass is 234 g/mol. The summed E-state index contributed by atoms with van der Waals surface area (Å²) in [6.45, 7) is 9.89. The Morgan fingerprint density at radius 2 is 1.65 bits per heavy atom. The lowest BCUT2D eigenvalue weighted by Gasteiger charge is -2.32. The molecule has 0 aromatic heterocycles. The fourth-order valence-corrected chi connectivity index (χ4v) is 6.24. The molecule has 0 spiro atoms. The highest BCUT2D eigenvalue weighted by Crippen LogP contribution is 2.71. The minimum absolute atomic E-state index is 1.05. The van der Waals surface area contributed by atoms with Crippen molar-refractivity contribution in [1.29, 1.82) is 0 Å². The van der Waals surface area contributed by atoms with Gasteiger partial charge in [0.2, 0.25) is 0 Å². The third-order valence-electron chi connectivity index (χ3n) is 6.84. The predicted molar refractivity (Wildman–Crippen MR) is 73.7 cm³/mol. The average molecular weight is 234 g/mol. The second-order valence-electron chi connectivity index (χ2n) is 7.31. The fraction of sp³-hybridized carbons (Fsp3) is 1.00. The van der Waals surface area contributed by atoms with Crippen LogP contribution in [0.15, 0.2) is 0 Å². The fourth-order valence-electron chi connectivity index (χ4n) is 6.24. The standard InChI is InChI=1S/C17H30/c1-5-7-12(6-2)13-8-9-14-16(13)10(3)15-11(4)17(14)15/h10-17H,5-9H2,1-4H3. The van der Waals surface area contributed by atoms with Gasteiger partial charge in [0, 0.05) is 0 Å². The van der Waals surface area contributed by atoms with Gasteiger partial charge in [-0.25, -0.2) is 0 Å². The first-order valence-corrected chi connectivity index (χ1v) is 8.20. The predicted octanol–water partition coefficient (Wildman–Crippen LogP) is 4.99. The Bertz CT molecular complexity index is 282. The molecule has 0 radical (unpaired) electrons. The lowest BCUT2D eigenvalue weighted by atomic mass is 9.73. The van der Waals surface area contributed by atoms with Gasteiger partial charge >= 0.3 is 0 Å². The molecule has 0 N–H and O–H groups in total. The van der Waals surface area contributed by atoms with Crippen LogP contribution in [0.4, 0.5) is 0 Å². The second-order valence-corrected chi connectivity index (χ2v) is 7.31. The van der Waals surface area contributed by atoms with Crippen LogP contribution in [0.25, 0.3) is 0 Å². The first-order valence-electron chi connectivity index (χ1n) is 8.20. The summed E-state index contributed by atoms with van der Waals surface area (Å²) in [5.41, 5.74) is 0. The molecule has 3 aliphatic carbocycles. The van der Waals surface area contributed by atoms with Gasteiger partial charge in [-0.2, -0.15) is 0 Å². The molecule has 3 saturated carbocycles. The van der Waals surface area contributed by atoms with Crippen LogP contribution in [0.2, 0.25) is 0 Å². The third kappa shape index (κ3) is 1.62. The maximum atomic E-state index is 2.59. The lowest BCUT2D eigenvalue weighted by molar-refractivity contribution is 0.161. The number of hydrogen-bond donors (Lipinski definition) is 0. The minimum Gasteiger partial charge on any atom is -0.0654 e. The summed E-state index contributed by atoms with van der Waals surface area (Å²) in [6, 6.07) is 0. The summed E-state index contributed by atoms with van der Waals surface area (Å²) in [7, 11) is 0. The van der Waals surface area contributed by atoms with Crippen LogP contribution in [0, 0.1) is 47.3 Å². The van der Waals surface area contributed by atoms with Crippen LogP contribution in [0.1, 0.15) is 59.8 Å². The second kappa shape index (κ2) is 4.28. The molecule has 8 unspecified atom stereocenters. The van der Waals surface area contributed by atoms with E-state index < -0.39 is 0 Å². The van der Waals surface area contributed by atoms with Gasteiger partial charge in [0.25, 0.3) is 0 Å². The van der Waals surface area contributed by atoms with Crippen LogP contribution in [-0.2, 0) is 0 Å². The summed E-state index contributed by atoms with van der Waals surface area (Å²) in [5, 5.41) is 0. The molecular weight excluding hydrogens is 204 g/mol. The Balaban J connectivity index is 1.73. The van der Waals surface area contributed by atoms with E-state index in [1.54, 1.807) is 12.8 Å². The Morgan fingerprint density at radius 1 is 0.941 bits per heavy atom. The van der Waals surface area contributed by atoms with Gasteiger partial charge in [0.05, 0.1) is 0 Å². The number of rotatable bonds is 4. The van der Waals surface area contributed by atoms with Crippen LogP contribution >= 0.6 is 0 Å². The van der Waals surface area contributed by atoms with Crippen LogP contribution < -0.4 is 0 Å². The molecule has 98 valence electrons. The van der Waals surface area contributed by atoms with Crippen LogP contribution in [-0.4, -0.2) is 0 Å². The minimum atomic E-state index is 1.05. The van der Waals surface area contributed by atoms with Crippen LogP contribution in [0.5, 0.6) is 0 Å². The highest BCUT2D eigenvalue weighted by molar-refractivity contribution is 5.13. The molecule has 0 heteroatoms. The van der Waals surface area contributed by atoms with E-state index in [4.69, 9.17) is 0 Å². The molecule has 0 aliphatic heterocycles. The van der Waals surface area contributed by atoms with E-state index in [0.29, 0.717) is 0 Å². The molecule has 0 aromatic rings. The van der Waals surface area contributed by atoms with E-state index in [0.717, 1.165) is 47.3 Å². The molecule has 0 heterocycles. The molecular formula is C17H30. The maximum Gasteiger partial charge on any atom is -0.0321 e. The van der Waals surface area contributed by atoms with E-state index in [1.165, 1.54) is 19.3 Å². The molecule has 0 bridgehead atoms. The van der Waals surface area contributed by atoms with Gasteiger partial charge < -0.3 is 0 Å². The largest absolute Gasteiger partial charge is 0.0654 e. The van der Waals surface area contributed by atoms with Crippen molar-refractivity contribution in [3.8, 4) is 0 Å². The van der Waals surface area contributed by atoms with Crippen molar-refractivity contribution in [1.82, 2.24) is 0 Å². The SMILES string of the molecule is CCCC(CC)C1CCC2C1C(C)C1C(C)C21. The van der Waals surface area contributed by atoms with E-state index in [2.05, 4.69) is 27.7 Å². The van der Waals surface area contributed by atoms with Crippen molar-refractivity contribution in [3.63, 3.8) is 0 Å². The third-order valence-corrected chi connectivity index (χ3v) is 6.84.